The van der Waals surface area contributed by atoms with E-state index >= 15 is 0 Å². The number of rotatable bonds is 3. The van der Waals surface area contributed by atoms with Crippen molar-refractivity contribution in [2.75, 3.05) is 5.73 Å². The van der Waals surface area contributed by atoms with E-state index < -0.39 is 10.0 Å². The highest BCUT2D eigenvalue weighted by atomic mass is 35.5. The van der Waals surface area contributed by atoms with Crippen LogP contribution in [-0.2, 0) is 10.0 Å². The molecule has 2 rings (SSSR count). The number of halogens is 1. The molecule has 100 valence electrons. The molecule has 0 bridgehead atoms. The zero-order valence-electron chi connectivity index (χ0n) is 10.4. The molecule has 0 aromatic heterocycles. The number of nitrogen functional groups attached to an aromatic ring is 1. The Kier molecular flexibility index (Phi) is 3.58. The van der Waals surface area contributed by atoms with Crippen molar-refractivity contribution < 1.29 is 8.42 Å². The van der Waals surface area contributed by atoms with Crippen molar-refractivity contribution in [1.82, 2.24) is 4.72 Å². The largest absolute Gasteiger partial charge is 0.398 e. The van der Waals surface area contributed by atoms with Gasteiger partial charge in [-0.3, -0.25) is 0 Å². The van der Waals surface area contributed by atoms with Gasteiger partial charge in [-0.25, -0.2) is 13.1 Å². The quantitative estimate of drug-likeness (QED) is 0.838. The summed E-state index contributed by atoms with van der Waals surface area (Å²) in [5.74, 6) is 0.580. The third kappa shape index (κ3) is 2.63. The molecular weight excluding hydrogens is 272 g/mol. The van der Waals surface area contributed by atoms with Gasteiger partial charge in [0.15, 0.2) is 0 Å². The van der Waals surface area contributed by atoms with Crippen molar-refractivity contribution in [3.63, 3.8) is 0 Å². The summed E-state index contributed by atoms with van der Waals surface area (Å²) in [7, 11) is -3.58. The number of benzene rings is 1. The molecule has 0 spiro atoms. The molecule has 1 saturated carbocycles. The highest BCUT2D eigenvalue weighted by molar-refractivity contribution is 7.89. The van der Waals surface area contributed by atoms with Gasteiger partial charge in [-0.1, -0.05) is 18.5 Å². The van der Waals surface area contributed by atoms with Crippen LogP contribution >= 0.6 is 11.6 Å². The first kappa shape index (κ1) is 13.6. The van der Waals surface area contributed by atoms with Crippen LogP contribution < -0.4 is 10.5 Å². The van der Waals surface area contributed by atoms with Gasteiger partial charge in [0.2, 0.25) is 10.0 Å². The van der Waals surface area contributed by atoms with Crippen molar-refractivity contribution in [3.8, 4) is 0 Å². The first-order valence-electron chi connectivity index (χ1n) is 5.87. The number of hydrogen-bond acceptors (Lipinski definition) is 3. The van der Waals surface area contributed by atoms with Crippen LogP contribution in [0.3, 0.4) is 0 Å². The van der Waals surface area contributed by atoms with E-state index in [0.717, 1.165) is 18.4 Å². The van der Waals surface area contributed by atoms with E-state index in [9.17, 15) is 8.42 Å². The molecule has 0 amide bonds. The molecular formula is C12H17ClN2O2S. The lowest BCUT2D eigenvalue weighted by atomic mass is 9.83. The normalized spacial score (nSPS) is 23.7. The van der Waals surface area contributed by atoms with Gasteiger partial charge in [0.25, 0.3) is 0 Å². The molecule has 1 aliphatic carbocycles. The minimum Gasteiger partial charge on any atom is -0.398 e. The molecule has 0 saturated heterocycles. The second-order valence-corrected chi connectivity index (χ2v) is 7.12. The maximum absolute atomic E-state index is 12.2. The highest BCUT2D eigenvalue weighted by Crippen LogP contribution is 2.30. The first-order chi connectivity index (χ1) is 8.29. The first-order valence-corrected chi connectivity index (χ1v) is 7.73. The van der Waals surface area contributed by atoms with Crippen LogP contribution in [0.5, 0.6) is 0 Å². The summed E-state index contributed by atoms with van der Waals surface area (Å²) in [6.45, 7) is 3.89. The Hall–Kier alpha value is -0.780. The topological polar surface area (TPSA) is 72.2 Å². The van der Waals surface area contributed by atoms with Crippen molar-refractivity contribution >= 4 is 27.3 Å². The van der Waals surface area contributed by atoms with E-state index in [1.54, 1.807) is 13.0 Å². The molecule has 0 aliphatic heterocycles. The predicted molar refractivity (Wildman–Crippen MR) is 73.1 cm³/mol. The molecule has 1 aliphatic rings. The van der Waals surface area contributed by atoms with Crippen LogP contribution in [0.15, 0.2) is 17.0 Å². The van der Waals surface area contributed by atoms with E-state index in [4.69, 9.17) is 17.3 Å². The van der Waals surface area contributed by atoms with Gasteiger partial charge < -0.3 is 5.73 Å². The summed E-state index contributed by atoms with van der Waals surface area (Å²) in [6.07, 6.45) is 1.75. The van der Waals surface area contributed by atoms with Gasteiger partial charge in [-0.15, -0.1) is 0 Å². The van der Waals surface area contributed by atoms with Crippen LogP contribution in [0, 0.1) is 12.8 Å². The van der Waals surface area contributed by atoms with E-state index in [1.165, 1.54) is 6.07 Å². The Morgan fingerprint density at radius 3 is 2.56 bits per heavy atom. The second kappa shape index (κ2) is 4.72. The highest BCUT2D eigenvalue weighted by Gasteiger charge is 2.30. The van der Waals surface area contributed by atoms with Gasteiger partial charge in [-0.05, 0) is 43.4 Å². The summed E-state index contributed by atoms with van der Waals surface area (Å²) >= 11 is 5.98. The third-order valence-corrected chi connectivity index (χ3v) is 5.29. The molecule has 0 heterocycles. The molecule has 6 heteroatoms. The number of aryl methyl sites for hydroxylation is 1. The van der Waals surface area contributed by atoms with Crippen LogP contribution in [0.1, 0.15) is 25.3 Å². The Bertz CT molecular complexity index is 566. The Morgan fingerprint density at radius 2 is 2.00 bits per heavy atom. The molecule has 4 nitrogen and oxygen atoms in total. The summed E-state index contributed by atoms with van der Waals surface area (Å²) in [4.78, 5) is 0.0619. The molecule has 18 heavy (non-hydrogen) atoms. The van der Waals surface area contributed by atoms with Crippen LogP contribution in [0.25, 0.3) is 0 Å². The van der Waals surface area contributed by atoms with Gasteiger partial charge >= 0.3 is 0 Å². The predicted octanol–water partition coefficient (Wildman–Crippen LogP) is 2.31. The fraction of sp³-hybridized carbons (Fsp3) is 0.500. The lowest BCUT2D eigenvalue weighted by Crippen LogP contribution is -2.43. The SMILES string of the molecule is Cc1cc(Cl)c(S(=O)(=O)NC2CC(C)C2)cc1N. The summed E-state index contributed by atoms with van der Waals surface area (Å²) in [6, 6.07) is 3.01. The van der Waals surface area contributed by atoms with Crippen molar-refractivity contribution in [3.05, 3.63) is 22.7 Å². The van der Waals surface area contributed by atoms with E-state index in [-0.39, 0.29) is 16.0 Å². The number of anilines is 1. The number of hydrogen-bond donors (Lipinski definition) is 2. The van der Waals surface area contributed by atoms with E-state index in [0.29, 0.717) is 11.6 Å². The number of sulfonamides is 1. The molecule has 0 unspecified atom stereocenters. The van der Waals surface area contributed by atoms with Gasteiger partial charge in [0.1, 0.15) is 4.90 Å². The minimum atomic E-state index is -3.58. The fourth-order valence-corrected chi connectivity index (χ4v) is 4.03. The summed E-state index contributed by atoms with van der Waals surface area (Å²) < 4.78 is 27.0. The average Bonchev–Trinajstić information content (AvgIpc) is 2.20. The van der Waals surface area contributed by atoms with E-state index in [1.807, 2.05) is 0 Å². The zero-order chi connectivity index (χ0) is 13.5. The summed E-state index contributed by atoms with van der Waals surface area (Å²) in [5, 5.41) is 0.210. The standard InChI is InChI=1S/C12H17ClN2O2S/c1-7-3-9(4-7)15-18(16,17)12-6-11(14)8(2)5-10(12)13/h5-7,9,15H,3-4,14H2,1-2H3. The van der Waals surface area contributed by atoms with Crippen LogP contribution in [0.4, 0.5) is 5.69 Å². The van der Waals surface area contributed by atoms with Gasteiger partial charge in [-0.2, -0.15) is 0 Å². The smallest absolute Gasteiger partial charge is 0.242 e. The zero-order valence-corrected chi connectivity index (χ0v) is 12.0. The average molecular weight is 289 g/mol. The van der Waals surface area contributed by atoms with Crippen molar-refractivity contribution in [2.45, 2.75) is 37.6 Å². The lowest BCUT2D eigenvalue weighted by Gasteiger charge is -2.33. The summed E-state index contributed by atoms with van der Waals surface area (Å²) in [5.41, 5.74) is 6.94. The monoisotopic (exact) mass is 288 g/mol. The second-order valence-electron chi connectivity index (χ2n) is 5.03. The molecule has 0 atom stereocenters. The lowest BCUT2D eigenvalue weighted by molar-refractivity contribution is 0.270. The Morgan fingerprint density at radius 1 is 1.39 bits per heavy atom. The van der Waals surface area contributed by atoms with Crippen molar-refractivity contribution in [2.24, 2.45) is 5.92 Å². The number of nitrogens with two attached hydrogens (primary N) is 1. The van der Waals surface area contributed by atoms with Gasteiger partial charge in [0, 0.05) is 11.7 Å². The van der Waals surface area contributed by atoms with Gasteiger partial charge in [0.05, 0.1) is 5.02 Å². The molecule has 1 fully saturated rings. The fourth-order valence-electron chi connectivity index (χ4n) is 2.16. The minimum absolute atomic E-state index is 0.0172. The maximum atomic E-state index is 12.2. The van der Waals surface area contributed by atoms with Crippen LogP contribution in [-0.4, -0.2) is 14.5 Å². The third-order valence-electron chi connectivity index (χ3n) is 3.31. The van der Waals surface area contributed by atoms with Crippen LogP contribution in [0.2, 0.25) is 5.02 Å². The Labute approximate surface area is 113 Å². The molecule has 3 N–H and O–H groups in total. The maximum Gasteiger partial charge on any atom is 0.242 e. The van der Waals surface area contributed by atoms with Crippen molar-refractivity contribution in [1.29, 1.82) is 0 Å². The van der Waals surface area contributed by atoms with E-state index in [2.05, 4.69) is 11.6 Å². The number of nitrogens with one attached hydrogen (secondary N) is 1. The molecule has 1 aromatic carbocycles. The molecule has 0 radical (unpaired) electrons. The Balaban J connectivity index is 2.27. The molecule has 1 aromatic rings.